The van der Waals surface area contributed by atoms with Gasteiger partial charge in [0.05, 0.1) is 5.66 Å². The van der Waals surface area contributed by atoms with E-state index in [2.05, 4.69) is 34.6 Å². The van der Waals surface area contributed by atoms with Crippen molar-refractivity contribution in [3.8, 4) is 0 Å². The predicted molar refractivity (Wildman–Crippen MR) is 101 cm³/mol. The lowest BCUT2D eigenvalue weighted by atomic mass is 9.60. The van der Waals surface area contributed by atoms with Crippen molar-refractivity contribution >= 4 is 0 Å². The van der Waals surface area contributed by atoms with Gasteiger partial charge in [-0.15, -0.1) is 0 Å². The molecule has 1 unspecified atom stereocenters. The Labute approximate surface area is 140 Å². The summed E-state index contributed by atoms with van der Waals surface area (Å²) in [5, 5.41) is 0. The van der Waals surface area contributed by atoms with Gasteiger partial charge in [0.1, 0.15) is 0 Å². The zero-order valence-corrected chi connectivity index (χ0v) is 16.2. The van der Waals surface area contributed by atoms with Crippen LogP contribution >= 0.6 is 0 Å². The van der Waals surface area contributed by atoms with Crippen LogP contribution in [0.2, 0.25) is 0 Å². The molecule has 0 aliphatic carbocycles. The maximum atomic E-state index is 6.56. The van der Waals surface area contributed by atoms with Crippen LogP contribution in [0.1, 0.15) is 112 Å². The fourth-order valence-electron chi connectivity index (χ4n) is 4.44. The highest BCUT2D eigenvalue weighted by atomic mass is 15.0. The molecule has 1 atom stereocenters. The molecule has 0 bridgehead atoms. The van der Waals surface area contributed by atoms with E-state index in [9.17, 15) is 0 Å². The second-order valence-corrected chi connectivity index (χ2v) is 7.27. The Hall–Kier alpha value is -0.0800. The van der Waals surface area contributed by atoms with Crippen LogP contribution in [0.25, 0.3) is 0 Å². The molecule has 22 heavy (non-hydrogen) atoms. The molecule has 0 radical (unpaired) electrons. The van der Waals surface area contributed by atoms with E-state index in [4.69, 9.17) is 11.5 Å². The van der Waals surface area contributed by atoms with E-state index in [1.54, 1.807) is 0 Å². The van der Waals surface area contributed by atoms with E-state index in [1.165, 1.54) is 57.8 Å². The molecule has 0 heterocycles. The zero-order chi connectivity index (χ0) is 17.1. The molecule has 2 nitrogen and oxygen atoms in total. The molecule has 0 amide bonds. The van der Waals surface area contributed by atoms with Gasteiger partial charge < -0.3 is 11.5 Å². The SMILES string of the molecule is CCCCCCCCCC(CC)C(CC)(CC)C(N)(N)CC. The van der Waals surface area contributed by atoms with Crippen molar-refractivity contribution in [1.82, 2.24) is 0 Å². The van der Waals surface area contributed by atoms with Crippen LogP contribution in [0.5, 0.6) is 0 Å². The van der Waals surface area contributed by atoms with Crippen LogP contribution in [0, 0.1) is 11.3 Å². The maximum Gasteiger partial charge on any atom is 0.0694 e. The van der Waals surface area contributed by atoms with Gasteiger partial charge in [0.2, 0.25) is 0 Å². The molecule has 0 fully saturated rings. The van der Waals surface area contributed by atoms with Gasteiger partial charge in [-0.2, -0.15) is 0 Å². The van der Waals surface area contributed by atoms with Crippen LogP contribution in [0.4, 0.5) is 0 Å². The van der Waals surface area contributed by atoms with Gasteiger partial charge in [0, 0.05) is 5.41 Å². The smallest absolute Gasteiger partial charge is 0.0694 e. The first-order valence-electron chi connectivity index (χ1n) is 10.0. The third-order valence-electron chi connectivity index (χ3n) is 6.20. The summed E-state index contributed by atoms with van der Waals surface area (Å²) in [5.74, 6) is 0.660. The van der Waals surface area contributed by atoms with Gasteiger partial charge in [-0.1, -0.05) is 86.0 Å². The quantitative estimate of drug-likeness (QED) is 0.306. The Morgan fingerprint density at radius 3 is 1.59 bits per heavy atom. The number of hydrogen-bond donors (Lipinski definition) is 2. The fraction of sp³-hybridized carbons (Fsp3) is 1.00. The van der Waals surface area contributed by atoms with Crippen LogP contribution in [0.15, 0.2) is 0 Å². The maximum absolute atomic E-state index is 6.56. The van der Waals surface area contributed by atoms with E-state index >= 15 is 0 Å². The molecule has 0 saturated carbocycles. The first-order chi connectivity index (χ1) is 10.5. The first kappa shape index (κ1) is 21.9. The lowest BCUT2D eigenvalue weighted by Crippen LogP contribution is -2.64. The minimum Gasteiger partial charge on any atom is -0.313 e. The monoisotopic (exact) mass is 312 g/mol. The van der Waals surface area contributed by atoms with Gasteiger partial charge in [-0.25, -0.2) is 0 Å². The zero-order valence-electron chi connectivity index (χ0n) is 16.2. The molecule has 0 spiro atoms. The van der Waals surface area contributed by atoms with Gasteiger partial charge in [-0.3, -0.25) is 0 Å². The van der Waals surface area contributed by atoms with Crippen LogP contribution < -0.4 is 11.5 Å². The second-order valence-electron chi connectivity index (χ2n) is 7.27. The Bertz CT molecular complexity index is 256. The number of nitrogens with two attached hydrogens (primary N) is 2. The van der Waals surface area contributed by atoms with Crippen molar-refractivity contribution in [3.63, 3.8) is 0 Å². The molecule has 0 rings (SSSR count). The molecule has 0 saturated heterocycles. The summed E-state index contributed by atoms with van der Waals surface area (Å²) < 4.78 is 0. The average molecular weight is 313 g/mol. The lowest BCUT2D eigenvalue weighted by molar-refractivity contribution is 0.0225. The van der Waals surface area contributed by atoms with Crippen molar-refractivity contribution in [1.29, 1.82) is 0 Å². The molecule has 134 valence electrons. The van der Waals surface area contributed by atoms with Crippen molar-refractivity contribution in [2.24, 2.45) is 22.8 Å². The Balaban J connectivity index is 4.51. The van der Waals surface area contributed by atoms with Crippen LogP contribution in [-0.4, -0.2) is 5.66 Å². The Morgan fingerprint density at radius 2 is 1.18 bits per heavy atom. The number of hydrogen-bond acceptors (Lipinski definition) is 2. The standard InChI is InChI=1S/C20H44N2/c1-6-11-12-13-14-15-16-17-18(7-2)19(8-3,9-4)20(21,22)10-5/h18H,6-17,21-22H2,1-5H3. The van der Waals surface area contributed by atoms with E-state index in [0.29, 0.717) is 5.92 Å². The van der Waals surface area contributed by atoms with E-state index < -0.39 is 5.66 Å². The molecule has 0 aliphatic heterocycles. The highest BCUT2D eigenvalue weighted by Gasteiger charge is 2.46. The second kappa shape index (κ2) is 11.5. The summed E-state index contributed by atoms with van der Waals surface area (Å²) in [6.45, 7) is 11.3. The van der Waals surface area contributed by atoms with Crippen molar-refractivity contribution in [2.45, 2.75) is 117 Å². The van der Waals surface area contributed by atoms with Crippen LogP contribution in [0.3, 0.4) is 0 Å². The van der Waals surface area contributed by atoms with E-state index in [1.807, 2.05) is 0 Å². The third-order valence-corrected chi connectivity index (χ3v) is 6.20. The molecule has 0 aromatic rings. The van der Waals surface area contributed by atoms with Crippen molar-refractivity contribution < 1.29 is 0 Å². The van der Waals surface area contributed by atoms with E-state index in [0.717, 1.165) is 19.3 Å². The minimum absolute atomic E-state index is 0.0959. The molecule has 4 N–H and O–H groups in total. The summed E-state index contributed by atoms with van der Waals surface area (Å²) in [6.07, 6.45) is 15.2. The fourth-order valence-corrected chi connectivity index (χ4v) is 4.44. The van der Waals surface area contributed by atoms with E-state index in [-0.39, 0.29) is 5.41 Å². The molecule has 0 aliphatic rings. The van der Waals surface area contributed by atoms with Gasteiger partial charge >= 0.3 is 0 Å². The van der Waals surface area contributed by atoms with Gasteiger partial charge in [-0.05, 0) is 31.6 Å². The minimum atomic E-state index is -0.529. The molecular formula is C20H44N2. The number of rotatable bonds is 14. The van der Waals surface area contributed by atoms with Crippen LogP contribution in [-0.2, 0) is 0 Å². The number of unbranched alkanes of at least 4 members (excludes halogenated alkanes) is 6. The summed E-state index contributed by atoms with van der Waals surface area (Å²) >= 11 is 0. The first-order valence-corrected chi connectivity index (χ1v) is 10.0. The predicted octanol–water partition coefficient (Wildman–Crippen LogP) is 5.98. The van der Waals surface area contributed by atoms with Crippen molar-refractivity contribution in [2.75, 3.05) is 0 Å². The molecule has 0 aromatic carbocycles. The normalized spacial score (nSPS) is 14.3. The lowest BCUT2D eigenvalue weighted by Gasteiger charge is -2.50. The molecule has 2 heteroatoms. The summed E-state index contributed by atoms with van der Waals surface area (Å²) in [6, 6.07) is 0. The highest BCUT2D eigenvalue weighted by Crippen LogP contribution is 2.46. The third kappa shape index (κ3) is 5.85. The Morgan fingerprint density at radius 1 is 0.682 bits per heavy atom. The van der Waals surface area contributed by atoms with Gasteiger partial charge in [0.15, 0.2) is 0 Å². The molecule has 0 aromatic heterocycles. The summed E-state index contributed by atoms with van der Waals surface area (Å²) in [5.41, 5.74) is 12.7. The van der Waals surface area contributed by atoms with Crippen molar-refractivity contribution in [3.05, 3.63) is 0 Å². The van der Waals surface area contributed by atoms with Gasteiger partial charge in [0.25, 0.3) is 0 Å². The Kier molecular flexibility index (Phi) is 11.4. The summed E-state index contributed by atoms with van der Waals surface area (Å²) in [7, 11) is 0. The topological polar surface area (TPSA) is 52.0 Å². The highest BCUT2D eigenvalue weighted by molar-refractivity contribution is 5.00. The average Bonchev–Trinajstić information content (AvgIpc) is 2.53. The molecular weight excluding hydrogens is 268 g/mol. The largest absolute Gasteiger partial charge is 0.313 e. The summed E-state index contributed by atoms with van der Waals surface area (Å²) in [4.78, 5) is 0.